The molecule has 1 saturated heterocycles. The summed E-state index contributed by atoms with van der Waals surface area (Å²) < 4.78 is 5.44. The molecule has 7 heteroatoms. The van der Waals surface area contributed by atoms with Gasteiger partial charge in [0.1, 0.15) is 19.5 Å². The monoisotopic (exact) mass is 426 g/mol. The summed E-state index contributed by atoms with van der Waals surface area (Å²) in [5.74, 6) is 2.22. The van der Waals surface area contributed by atoms with Gasteiger partial charge in [0.25, 0.3) is 0 Å². The fourth-order valence-corrected chi connectivity index (χ4v) is 4.07. The van der Waals surface area contributed by atoms with Crippen molar-refractivity contribution in [2.45, 2.75) is 58.4 Å². The fraction of sp³-hybridized carbons (Fsp3) is 0.565. The second-order valence-corrected chi connectivity index (χ2v) is 8.45. The fourth-order valence-electron chi connectivity index (χ4n) is 3.88. The number of nitrogens with one attached hydrogen (secondary N) is 2. The molecular formula is C23H32BClN4O. The van der Waals surface area contributed by atoms with Crippen molar-refractivity contribution in [1.29, 1.82) is 0 Å². The van der Waals surface area contributed by atoms with Crippen LogP contribution in [0.3, 0.4) is 0 Å². The van der Waals surface area contributed by atoms with Crippen molar-refractivity contribution in [1.82, 2.24) is 9.97 Å². The van der Waals surface area contributed by atoms with Gasteiger partial charge in [0, 0.05) is 37.6 Å². The predicted molar refractivity (Wildman–Crippen MR) is 127 cm³/mol. The minimum absolute atomic E-state index is 0.402. The molecule has 3 rings (SSSR count). The van der Waals surface area contributed by atoms with E-state index in [-0.39, 0.29) is 0 Å². The Morgan fingerprint density at radius 1 is 1.17 bits per heavy atom. The Morgan fingerprint density at radius 3 is 2.60 bits per heavy atom. The summed E-state index contributed by atoms with van der Waals surface area (Å²) in [6.45, 7) is 6.97. The normalized spacial score (nSPS) is 14.8. The highest BCUT2D eigenvalue weighted by Gasteiger charge is 2.16. The van der Waals surface area contributed by atoms with Crippen molar-refractivity contribution in [3.63, 3.8) is 0 Å². The highest BCUT2D eigenvalue weighted by atomic mass is 35.5. The molecule has 0 atom stereocenters. The van der Waals surface area contributed by atoms with E-state index in [0.29, 0.717) is 28.1 Å². The van der Waals surface area contributed by atoms with Crippen molar-refractivity contribution in [3.05, 3.63) is 29.4 Å². The van der Waals surface area contributed by atoms with Crippen molar-refractivity contribution in [3.8, 4) is 11.3 Å². The van der Waals surface area contributed by atoms with Crippen LogP contribution in [0, 0.1) is 5.92 Å². The topological polar surface area (TPSA) is 59.1 Å². The van der Waals surface area contributed by atoms with Crippen molar-refractivity contribution >= 4 is 36.5 Å². The van der Waals surface area contributed by atoms with Crippen molar-refractivity contribution < 1.29 is 4.74 Å². The van der Waals surface area contributed by atoms with E-state index in [0.717, 1.165) is 75.5 Å². The van der Waals surface area contributed by atoms with Crippen LogP contribution >= 0.6 is 11.6 Å². The third kappa shape index (κ3) is 6.35. The van der Waals surface area contributed by atoms with Gasteiger partial charge in [0.05, 0.1) is 10.7 Å². The molecule has 3 heterocycles. The summed E-state index contributed by atoms with van der Waals surface area (Å²) in [6.07, 6.45) is 8.32. The maximum absolute atomic E-state index is 6.49. The number of hydrogen-bond acceptors (Lipinski definition) is 5. The number of hydrogen-bond donors (Lipinski definition) is 2. The number of nitrogens with zero attached hydrogens (tertiary/aromatic N) is 2. The molecule has 0 aromatic carbocycles. The van der Waals surface area contributed by atoms with Gasteiger partial charge in [-0.1, -0.05) is 49.8 Å². The van der Waals surface area contributed by atoms with E-state index in [4.69, 9.17) is 29.2 Å². The van der Waals surface area contributed by atoms with Crippen LogP contribution in [-0.4, -0.2) is 43.6 Å². The van der Waals surface area contributed by atoms with Crippen LogP contribution in [0.2, 0.25) is 5.02 Å². The molecule has 2 N–H and O–H groups in total. The second kappa shape index (κ2) is 11.6. The zero-order chi connectivity index (χ0) is 21.3. The number of aromatic nitrogens is 2. The van der Waals surface area contributed by atoms with E-state index in [2.05, 4.69) is 29.5 Å². The Bertz CT molecular complexity index is 808. The number of rotatable bonds is 10. The number of halogens is 1. The Kier molecular flexibility index (Phi) is 8.82. The lowest BCUT2D eigenvalue weighted by molar-refractivity contribution is 0.0699. The molecule has 5 nitrogen and oxygen atoms in total. The van der Waals surface area contributed by atoms with Crippen LogP contribution in [0.25, 0.3) is 11.3 Å². The van der Waals surface area contributed by atoms with E-state index in [9.17, 15) is 0 Å². The summed E-state index contributed by atoms with van der Waals surface area (Å²) in [5, 5.41) is 7.55. The molecule has 30 heavy (non-hydrogen) atoms. The van der Waals surface area contributed by atoms with Crippen LogP contribution in [0.15, 0.2) is 24.4 Å². The quantitative estimate of drug-likeness (QED) is 0.534. The van der Waals surface area contributed by atoms with Gasteiger partial charge in [0.2, 0.25) is 0 Å². The van der Waals surface area contributed by atoms with Crippen LogP contribution in [0.1, 0.15) is 52.4 Å². The van der Waals surface area contributed by atoms with Crippen molar-refractivity contribution in [2.24, 2.45) is 5.92 Å². The Morgan fingerprint density at radius 2 is 1.90 bits per heavy atom. The highest BCUT2D eigenvalue weighted by Crippen LogP contribution is 2.28. The van der Waals surface area contributed by atoms with E-state index in [1.807, 2.05) is 18.2 Å². The molecule has 0 unspecified atom stereocenters. The third-order valence-corrected chi connectivity index (χ3v) is 5.88. The summed E-state index contributed by atoms with van der Waals surface area (Å²) >= 11 is 6.49. The van der Waals surface area contributed by atoms with Gasteiger partial charge >= 0.3 is 0 Å². The Hall–Kier alpha value is -1.79. The van der Waals surface area contributed by atoms with Gasteiger partial charge in [-0.3, -0.25) is 0 Å². The van der Waals surface area contributed by atoms with Crippen LogP contribution in [0.5, 0.6) is 0 Å². The smallest absolute Gasteiger partial charge is 0.126 e. The van der Waals surface area contributed by atoms with E-state index in [1.165, 1.54) is 0 Å². The SMILES string of the molecule is [B]c1ccc(NCC2CCOCC2)nc1-c1cc(NC(CCC)CCC)ncc1Cl. The summed E-state index contributed by atoms with van der Waals surface area (Å²) in [4.78, 5) is 9.25. The maximum Gasteiger partial charge on any atom is 0.126 e. The van der Waals surface area contributed by atoms with Gasteiger partial charge in [-0.15, -0.1) is 0 Å². The summed E-state index contributed by atoms with van der Waals surface area (Å²) in [5.41, 5.74) is 2.09. The lowest BCUT2D eigenvalue weighted by Crippen LogP contribution is -2.23. The lowest BCUT2D eigenvalue weighted by atomic mass is 9.91. The number of pyridine rings is 2. The van der Waals surface area contributed by atoms with Gasteiger partial charge in [-0.2, -0.15) is 0 Å². The molecule has 160 valence electrons. The molecule has 1 fully saturated rings. The van der Waals surface area contributed by atoms with Gasteiger partial charge in [0.15, 0.2) is 0 Å². The average molecular weight is 427 g/mol. The summed E-state index contributed by atoms with van der Waals surface area (Å²) in [7, 11) is 6.27. The maximum atomic E-state index is 6.49. The standard InChI is InChI=1S/C23H32BClN4O/c1-3-5-17(6-4-2)28-22-13-18(20(25)15-27-22)23-19(24)7-8-21(29-23)26-14-16-9-11-30-12-10-16/h7-8,13,15-17H,3-6,9-12,14H2,1-2H3,(H,26,29)(H,27,28). The molecule has 0 aliphatic carbocycles. The molecule has 2 aromatic heterocycles. The molecule has 0 amide bonds. The largest absolute Gasteiger partial charge is 0.381 e. The average Bonchev–Trinajstić information content (AvgIpc) is 2.76. The molecule has 2 aromatic rings. The first-order valence-electron chi connectivity index (χ1n) is 11.1. The van der Waals surface area contributed by atoms with Gasteiger partial charge < -0.3 is 15.4 Å². The van der Waals surface area contributed by atoms with Crippen LogP contribution in [-0.2, 0) is 4.74 Å². The minimum Gasteiger partial charge on any atom is -0.381 e. The molecule has 2 radical (unpaired) electrons. The van der Waals surface area contributed by atoms with Crippen molar-refractivity contribution in [2.75, 3.05) is 30.4 Å². The summed E-state index contributed by atoms with van der Waals surface area (Å²) in [6, 6.07) is 6.17. The second-order valence-electron chi connectivity index (χ2n) is 8.04. The van der Waals surface area contributed by atoms with Gasteiger partial charge in [-0.05, 0) is 43.7 Å². The van der Waals surface area contributed by atoms with Crippen LogP contribution < -0.4 is 16.1 Å². The zero-order valence-electron chi connectivity index (χ0n) is 18.1. The minimum atomic E-state index is 0.402. The molecule has 0 spiro atoms. The van der Waals surface area contributed by atoms with E-state index < -0.39 is 0 Å². The molecule has 1 aliphatic heterocycles. The molecular weight excluding hydrogens is 395 g/mol. The molecule has 0 saturated carbocycles. The third-order valence-electron chi connectivity index (χ3n) is 5.58. The predicted octanol–water partition coefficient (Wildman–Crippen LogP) is 4.81. The van der Waals surface area contributed by atoms with E-state index >= 15 is 0 Å². The van der Waals surface area contributed by atoms with Gasteiger partial charge in [-0.25, -0.2) is 9.97 Å². The first-order chi connectivity index (χ1) is 14.6. The number of ether oxygens (including phenoxy) is 1. The molecule has 1 aliphatic rings. The Labute approximate surface area is 186 Å². The zero-order valence-corrected chi connectivity index (χ0v) is 18.8. The Balaban J connectivity index is 1.78. The first kappa shape index (κ1) is 22.9. The lowest BCUT2D eigenvalue weighted by Gasteiger charge is -2.22. The van der Waals surface area contributed by atoms with Crippen LogP contribution in [0.4, 0.5) is 11.6 Å². The van der Waals surface area contributed by atoms with E-state index in [1.54, 1.807) is 6.20 Å². The number of anilines is 2. The highest BCUT2D eigenvalue weighted by molar-refractivity contribution is 6.38. The molecule has 0 bridgehead atoms. The first-order valence-corrected chi connectivity index (χ1v) is 11.5.